The molecule has 0 radical (unpaired) electrons. The third-order valence-electron chi connectivity index (χ3n) is 2.92. The zero-order chi connectivity index (χ0) is 8.86. The monoisotopic (exact) mass is 155 g/mol. The highest BCUT2D eigenvalue weighted by Crippen LogP contribution is 2.42. The zero-order valence-corrected chi connectivity index (χ0v) is 7.32. The summed E-state index contributed by atoms with van der Waals surface area (Å²) < 4.78 is 0. The SMILES string of the molecule is CC1(C)C(=O)NC(=O)C1(C)C. The van der Waals surface area contributed by atoms with Crippen molar-refractivity contribution in [2.24, 2.45) is 10.8 Å². The summed E-state index contributed by atoms with van der Waals surface area (Å²) in [5, 5.41) is 2.32. The minimum atomic E-state index is -0.579. The fraction of sp³-hybridized carbons (Fsp3) is 0.750. The highest BCUT2D eigenvalue weighted by atomic mass is 16.2. The Balaban J connectivity index is 3.15. The number of amides is 2. The third-order valence-corrected chi connectivity index (χ3v) is 2.92. The number of nitrogens with one attached hydrogen (secondary N) is 1. The summed E-state index contributed by atoms with van der Waals surface area (Å²) in [6.45, 7) is 7.14. The molecule has 1 fully saturated rings. The van der Waals surface area contributed by atoms with Gasteiger partial charge in [0.1, 0.15) is 0 Å². The molecule has 0 spiro atoms. The van der Waals surface area contributed by atoms with Crippen LogP contribution in [0, 0.1) is 10.8 Å². The van der Waals surface area contributed by atoms with E-state index in [4.69, 9.17) is 0 Å². The number of hydrogen-bond donors (Lipinski definition) is 1. The summed E-state index contributed by atoms with van der Waals surface area (Å²) >= 11 is 0. The molecule has 1 rings (SSSR count). The summed E-state index contributed by atoms with van der Waals surface area (Å²) in [5.41, 5.74) is -1.16. The molecule has 1 aliphatic rings. The summed E-state index contributed by atoms with van der Waals surface area (Å²) in [6, 6.07) is 0. The van der Waals surface area contributed by atoms with Gasteiger partial charge in [-0.25, -0.2) is 0 Å². The number of hydrogen-bond acceptors (Lipinski definition) is 2. The maximum Gasteiger partial charge on any atom is 0.233 e. The fourth-order valence-electron chi connectivity index (χ4n) is 0.983. The van der Waals surface area contributed by atoms with Gasteiger partial charge >= 0.3 is 0 Å². The highest BCUT2D eigenvalue weighted by molar-refractivity contribution is 6.08. The van der Waals surface area contributed by atoms with E-state index in [-0.39, 0.29) is 11.8 Å². The zero-order valence-electron chi connectivity index (χ0n) is 7.32. The lowest BCUT2D eigenvalue weighted by Gasteiger charge is -2.28. The van der Waals surface area contributed by atoms with Crippen LogP contribution in [0.5, 0.6) is 0 Å². The smallest absolute Gasteiger partial charge is 0.233 e. The number of imide groups is 1. The molecule has 0 unspecified atom stereocenters. The predicted molar refractivity (Wildman–Crippen MR) is 40.7 cm³/mol. The quantitative estimate of drug-likeness (QED) is 0.523. The van der Waals surface area contributed by atoms with Crippen LogP contribution >= 0.6 is 0 Å². The van der Waals surface area contributed by atoms with Crippen LogP contribution in [0.3, 0.4) is 0 Å². The Labute approximate surface area is 66.2 Å². The van der Waals surface area contributed by atoms with Crippen molar-refractivity contribution in [1.82, 2.24) is 5.32 Å². The molecule has 2 amide bonds. The normalized spacial score (nSPS) is 26.9. The van der Waals surface area contributed by atoms with Crippen molar-refractivity contribution in [3.05, 3.63) is 0 Å². The van der Waals surface area contributed by atoms with E-state index < -0.39 is 10.8 Å². The summed E-state index contributed by atoms with van der Waals surface area (Å²) in [4.78, 5) is 22.4. The molecule has 0 aromatic rings. The van der Waals surface area contributed by atoms with Crippen LogP contribution in [0.15, 0.2) is 0 Å². The highest BCUT2D eigenvalue weighted by Gasteiger charge is 2.54. The van der Waals surface area contributed by atoms with E-state index in [1.807, 2.05) is 0 Å². The van der Waals surface area contributed by atoms with Crippen LogP contribution in [0.4, 0.5) is 0 Å². The molecule has 11 heavy (non-hydrogen) atoms. The fourth-order valence-corrected chi connectivity index (χ4v) is 0.983. The van der Waals surface area contributed by atoms with Crippen molar-refractivity contribution in [3.63, 3.8) is 0 Å². The van der Waals surface area contributed by atoms with E-state index in [0.717, 1.165) is 0 Å². The van der Waals surface area contributed by atoms with Crippen LogP contribution in [0.25, 0.3) is 0 Å². The molecule has 1 aliphatic heterocycles. The molecule has 0 aromatic carbocycles. The van der Waals surface area contributed by atoms with Crippen LogP contribution in [-0.2, 0) is 9.59 Å². The number of carbonyl (C=O) groups excluding carboxylic acids is 2. The average Bonchev–Trinajstić information content (AvgIpc) is 1.95. The summed E-state index contributed by atoms with van der Waals surface area (Å²) in [6.07, 6.45) is 0. The number of carbonyl (C=O) groups is 2. The molecule has 3 heteroatoms. The van der Waals surface area contributed by atoms with E-state index in [2.05, 4.69) is 5.32 Å². The molecular formula is C8H13NO2. The van der Waals surface area contributed by atoms with Crippen molar-refractivity contribution in [2.45, 2.75) is 27.7 Å². The van der Waals surface area contributed by atoms with Crippen LogP contribution in [0.2, 0.25) is 0 Å². The second kappa shape index (κ2) is 1.84. The Bertz CT molecular complexity index is 204. The van der Waals surface area contributed by atoms with Crippen molar-refractivity contribution in [1.29, 1.82) is 0 Å². The summed E-state index contributed by atoms with van der Waals surface area (Å²) in [7, 11) is 0. The maximum absolute atomic E-state index is 11.2. The Hall–Kier alpha value is -0.860. The average molecular weight is 155 g/mol. The van der Waals surface area contributed by atoms with Gasteiger partial charge in [-0.15, -0.1) is 0 Å². The van der Waals surface area contributed by atoms with Crippen LogP contribution in [-0.4, -0.2) is 11.8 Å². The molecule has 3 nitrogen and oxygen atoms in total. The van der Waals surface area contributed by atoms with E-state index in [9.17, 15) is 9.59 Å². The van der Waals surface area contributed by atoms with E-state index in [0.29, 0.717) is 0 Å². The third kappa shape index (κ3) is 0.800. The van der Waals surface area contributed by atoms with Gasteiger partial charge in [-0.2, -0.15) is 0 Å². The molecule has 62 valence electrons. The molecular weight excluding hydrogens is 142 g/mol. The maximum atomic E-state index is 11.2. The Morgan fingerprint density at radius 2 is 1.18 bits per heavy atom. The first-order valence-electron chi connectivity index (χ1n) is 3.66. The summed E-state index contributed by atoms with van der Waals surface area (Å²) in [5.74, 6) is -0.347. The van der Waals surface area contributed by atoms with Gasteiger partial charge in [0.15, 0.2) is 0 Å². The van der Waals surface area contributed by atoms with Crippen molar-refractivity contribution >= 4 is 11.8 Å². The van der Waals surface area contributed by atoms with Gasteiger partial charge < -0.3 is 0 Å². The molecule has 1 saturated heterocycles. The van der Waals surface area contributed by atoms with E-state index in [1.165, 1.54) is 0 Å². The lowest BCUT2D eigenvalue weighted by Crippen LogP contribution is -2.35. The van der Waals surface area contributed by atoms with Gasteiger partial charge in [0.2, 0.25) is 11.8 Å². The second-order valence-electron chi connectivity index (χ2n) is 4.03. The van der Waals surface area contributed by atoms with Gasteiger partial charge in [-0.3, -0.25) is 14.9 Å². The Morgan fingerprint density at radius 1 is 0.909 bits per heavy atom. The van der Waals surface area contributed by atoms with Gasteiger partial charge in [-0.1, -0.05) is 0 Å². The molecule has 0 bridgehead atoms. The standard InChI is InChI=1S/C8H13NO2/c1-7(2)5(10)9-6(11)8(7,3)4/h1-4H3,(H,9,10,11). The minimum Gasteiger partial charge on any atom is -0.295 e. The van der Waals surface area contributed by atoms with E-state index in [1.54, 1.807) is 27.7 Å². The van der Waals surface area contributed by atoms with Gasteiger partial charge in [-0.05, 0) is 27.7 Å². The lowest BCUT2D eigenvalue weighted by atomic mass is 9.70. The minimum absolute atomic E-state index is 0.174. The van der Waals surface area contributed by atoms with Gasteiger partial charge in [0, 0.05) is 0 Å². The molecule has 0 atom stereocenters. The molecule has 1 N–H and O–H groups in total. The van der Waals surface area contributed by atoms with E-state index >= 15 is 0 Å². The van der Waals surface area contributed by atoms with Crippen molar-refractivity contribution < 1.29 is 9.59 Å². The first-order valence-corrected chi connectivity index (χ1v) is 3.66. The largest absolute Gasteiger partial charge is 0.295 e. The second-order valence-corrected chi connectivity index (χ2v) is 4.03. The van der Waals surface area contributed by atoms with Crippen LogP contribution in [0.1, 0.15) is 27.7 Å². The first-order chi connectivity index (χ1) is 4.80. The van der Waals surface area contributed by atoms with Crippen molar-refractivity contribution in [2.75, 3.05) is 0 Å². The Kier molecular flexibility index (Phi) is 1.38. The lowest BCUT2D eigenvalue weighted by molar-refractivity contribution is -0.129. The first kappa shape index (κ1) is 8.24. The molecule has 0 saturated carbocycles. The topological polar surface area (TPSA) is 46.2 Å². The predicted octanol–water partition coefficient (Wildman–Crippen LogP) is 0.695. The number of rotatable bonds is 0. The van der Waals surface area contributed by atoms with Gasteiger partial charge in [0.25, 0.3) is 0 Å². The van der Waals surface area contributed by atoms with Gasteiger partial charge in [0.05, 0.1) is 10.8 Å². The van der Waals surface area contributed by atoms with Crippen molar-refractivity contribution in [3.8, 4) is 0 Å². The molecule has 0 aliphatic carbocycles. The molecule has 1 heterocycles. The van der Waals surface area contributed by atoms with Crippen LogP contribution < -0.4 is 5.32 Å². The molecule has 0 aromatic heterocycles. The Morgan fingerprint density at radius 3 is 1.27 bits per heavy atom.